The van der Waals surface area contributed by atoms with Crippen molar-refractivity contribution in [3.63, 3.8) is 0 Å². The first-order chi connectivity index (χ1) is 13.6. The van der Waals surface area contributed by atoms with Crippen LogP contribution in [0.1, 0.15) is 48.3 Å². The molecular formula is C18H22BrN3O6S. The highest BCUT2D eigenvalue weighted by molar-refractivity contribution is 9.10. The number of sulfone groups is 1. The maximum Gasteiger partial charge on any atom is 0.329 e. The van der Waals surface area contributed by atoms with Gasteiger partial charge in [-0.15, -0.1) is 0 Å². The Balaban J connectivity index is 2.08. The van der Waals surface area contributed by atoms with Gasteiger partial charge < -0.3 is 14.6 Å². The number of hydrogen-bond acceptors (Lipinski definition) is 8. The van der Waals surface area contributed by atoms with Crippen LogP contribution in [0, 0.1) is 0 Å². The van der Waals surface area contributed by atoms with Crippen molar-refractivity contribution in [2.75, 3.05) is 12.0 Å². The van der Waals surface area contributed by atoms with Gasteiger partial charge in [0.25, 0.3) is 11.8 Å². The standard InChI is InChI=1S/C18H22BrN3O6S/c1-11(2)16-21-15(28-22-16)10-27-18(24)14(8-9-29(3,25)26)20-17(23)12-6-4-5-7-13(12)19/h4-7,11,14H,8-10H2,1-3H3,(H,20,23)/t14-/m1/s1. The molecule has 1 aromatic carbocycles. The molecule has 1 amide bonds. The maximum atomic E-state index is 12.5. The van der Waals surface area contributed by atoms with Crippen LogP contribution >= 0.6 is 15.9 Å². The van der Waals surface area contributed by atoms with Crippen LogP contribution in [0.15, 0.2) is 33.3 Å². The third kappa shape index (κ3) is 7.24. The zero-order valence-corrected chi connectivity index (χ0v) is 18.6. The zero-order valence-electron chi connectivity index (χ0n) is 16.2. The molecule has 9 nitrogen and oxygen atoms in total. The second kappa shape index (κ2) is 9.97. The van der Waals surface area contributed by atoms with Crippen LogP contribution in [-0.4, -0.2) is 48.5 Å². The number of benzene rings is 1. The molecule has 0 aliphatic heterocycles. The number of carbonyl (C=O) groups is 2. The van der Waals surface area contributed by atoms with E-state index in [0.717, 1.165) is 6.26 Å². The lowest BCUT2D eigenvalue weighted by atomic mass is 10.1. The van der Waals surface area contributed by atoms with Gasteiger partial charge in [0.05, 0.1) is 11.3 Å². The van der Waals surface area contributed by atoms with Crippen LogP contribution < -0.4 is 5.32 Å². The normalized spacial score (nSPS) is 12.6. The van der Waals surface area contributed by atoms with Gasteiger partial charge in [-0.05, 0) is 34.5 Å². The van der Waals surface area contributed by atoms with Gasteiger partial charge in [0, 0.05) is 16.6 Å². The van der Waals surface area contributed by atoms with Crippen molar-refractivity contribution in [2.45, 2.75) is 38.8 Å². The molecule has 2 aromatic rings. The lowest BCUT2D eigenvalue weighted by Gasteiger charge is -2.17. The van der Waals surface area contributed by atoms with Crippen molar-refractivity contribution in [2.24, 2.45) is 0 Å². The predicted molar refractivity (Wildman–Crippen MR) is 108 cm³/mol. The Morgan fingerprint density at radius 3 is 2.55 bits per heavy atom. The van der Waals surface area contributed by atoms with Gasteiger partial charge >= 0.3 is 5.97 Å². The molecule has 0 aliphatic carbocycles. The Labute approximate surface area is 177 Å². The minimum Gasteiger partial charge on any atom is -0.454 e. The fourth-order valence-corrected chi connectivity index (χ4v) is 3.39. The summed E-state index contributed by atoms with van der Waals surface area (Å²) in [5.41, 5.74) is 0.308. The molecule has 1 heterocycles. The van der Waals surface area contributed by atoms with Gasteiger partial charge in [-0.25, -0.2) is 13.2 Å². The van der Waals surface area contributed by atoms with Crippen molar-refractivity contribution < 1.29 is 27.3 Å². The number of esters is 1. The third-order valence-electron chi connectivity index (χ3n) is 3.82. The molecule has 1 N–H and O–H groups in total. The van der Waals surface area contributed by atoms with Gasteiger partial charge in [-0.2, -0.15) is 4.98 Å². The van der Waals surface area contributed by atoms with E-state index in [4.69, 9.17) is 9.26 Å². The van der Waals surface area contributed by atoms with Crippen LogP contribution in [0.4, 0.5) is 0 Å². The first-order valence-electron chi connectivity index (χ1n) is 8.79. The molecule has 0 saturated heterocycles. The highest BCUT2D eigenvalue weighted by Crippen LogP contribution is 2.16. The van der Waals surface area contributed by atoms with Gasteiger partial charge in [-0.1, -0.05) is 31.1 Å². The average molecular weight is 488 g/mol. The number of nitrogens with one attached hydrogen (secondary N) is 1. The summed E-state index contributed by atoms with van der Waals surface area (Å²) >= 11 is 3.27. The van der Waals surface area contributed by atoms with Crippen LogP contribution in [0.2, 0.25) is 0 Å². The molecule has 0 radical (unpaired) electrons. The molecule has 1 atom stereocenters. The molecule has 29 heavy (non-hydrogen) atoms. The summed E-state index contributed by atoms with van der Waals surface area (Å²) < 4.78 is 33.7. The Hall–Kier alpha value is -2.27. The highest BCUT2D eigenvalue weighted by atomic mass is 79.9. The molecule has 0 spiro atoms. The fourth-order valence-electron chi connectivity index (χ4n) is 2.26. The number of nitrogens with zero attached hydrogens (tertiary/aromatic N) is 2. The van der Waals surface area contributed by atoms with Crippen LogP contribution in [0.3, 0.4) is 0 Å². The van der Waals surface area contributed by atoms with Crippen molar-refractivity contribution in [3.05, 3.63) is 46.0 Å². The number of aromatic nitrogens is 2. The summed E-state index contributed by atoms with van der Waals surface area (Å²) in [5.74, 6) is -0.977. The van der Waals surface area contributed by atoms with E-state index in [-0.39, 0.29) is 30.6 Å². The molecular weight excluding hydrogens is 466 g/mol. The summed E-state index contributed by atoms with van der Waals surface area (Å²) in [7, 11) is -3.34. The molecule has 0 saturated carbocycles. The lowest BCUT2D eigenvalue weighted by molar-refractivity contribution is -0.148. The topological polar surface area (TPSA) is 128 Å². The van der Waals surface area contributed by atoms with Crippen LogP contribution in [-0.2, 0) is 26.0 Å². The van der Waals surface area contributed by atoms with E-state index in [1.54, 1.807) is 24.3 Å². The summed E-state index contributed by atoms with van der Waals surface area (Å²) in [5, 5.41) is 6.30. The van der Waals surface area contributed by atoms with E-state index < -0.39 is 27.8 Å². The Bertz CT molecular complexity index is 973. The Morgan fingerprint density at radius 1 is 1.28 bits per heavy atom. The molecule has 2 rings (SSSR count). The smallest absolute Gasteiger partial charge is 0.329 e. The summed E-state index contributed by atoms with van der Waals surface area (Å²) in [4.78, 5) is 29.1. The van der Waals surface area contributed by atoms with E-state index >= 15 is 0 Å². The quantitative estimate of drug-likeness (QED) is 0.533. The van der Waals surface area contributed by atoms with Gasteiger partial charge in [0.1, 0.15) is 15.9 Å². The molecule has 0 fully saturated rings. The minimum absolute atomic E-state index is 0.0503. The Kier molecular flexibility index (Phi) is 7.91. The first-order valence-corrected chi connectivity index (χ1v) is 11.6. The SMILES string of the molecule is CC(C)c1noc(COC(=O)[C@@H](CCS(C)(=O)=O)NC(=O)c2ccccc2Br)n1. The number of hydrogen-bond donors (Lipinski definition) is 1. The Morgan fingerprint density at radius 2 is 1.97 bits per heavy atom. The van der Waals surface area contributed by atoms with Gasteiger partial charge in [-0.3, -0.25) is 4.79 Å². The highest BCUT2D eigenvalue weighted by Gasteiger charge is 2.26. The molecule has 11 heteroatoms. The van der Waals surface area contributed by atoms with E-state index in [1.807, 2.05) is 13.8 Å². The number of carbonyl (C=O) groups excluding carboxylic acids is 2. The second-order valence-electron chi connectivity index (χ2n) is 6.73. The number of ether oxygens (including phenoxy) is 1. The molecule has 1 aromatic heterocycles. The number of halogens is 1. The predicted octanol–water partition coefficient (Wildman–Crippen LogP) is 2.23. The molecule has 158 valence electrons. The summed E-state index contributed by atoms with van der Waals surface area (Å²) in [6.07, 6.45) is 0.922. The minimum atomic E-state index is -3.34. The van der Waals surface area contributed by atoms with E-state index in [2.05, 4.69) is 31.4 Å². The largest absolute Gasteiger partial charge is 0.454 e. The van der Waals surface area contributed by atoms with Crippen LogP contribution in [0.5, 0.6) is 0 Å². The van der Waals surface area contributed by atoms with Crippen LogP contribution in [0.25, 0.3) is 0 Å². The van der Waals surface area contributed by atoms with E-state index in [1.165, 1.54) is 0 Å². The molecule has 0 unspecified atom stereocenters. The summed E-state index contributed by atoms with van der Waals surface area (Å²) in [6.45, 7) is 3.50. The van der Waals surface area contributed by atoms with Crippen molar-refractivity contribution in [1.82, 2.24) is 15.5 Å². The molecule has 0 bridgehead atoms. The van der Waals surface area contributed by atoms with Crippen molar-refractivity contribution in [3.8, 4) is 0 Å². The third-order valence-corrected chi connectivity index (χ3v) is 5.49. The number of rotatable bonds is 9. The lowest BCUT2D eigenvalue weighted by Crippen LogP contribution is -2.43. The first kappa shape index (κ1) is 23.0. The van der Waals surface area contributed by atoms with Crippen molar-refractivity contribution in [1.29, 1.82) is 0 Å². The number of amides is 1. The molecule has 0 aliphatic rings. The zero-order chi connectivity index (χ0) is 21.6. The summed E-state index contributed by atoms with van der Waals surface area (Å²) in [6, 6.07) is 5.51. The van der Waals surface area contributed by atoms with Gasteiger partial charge in [0.15, 0.2) is 12.4 Å². The second-order valence-corrected chi connectivity index (χ2v) is 9.85. The van der Waals surface area contributed by atoms with Gasteiger partial charge in [0.2, 0.25) is 0 Å². The monoisotopic (exact) mass is 487 g/mol. The average Bonchev–Trinajstić information content (AvgIpc) is 3.12. The van der Waals surface area contributed by atoms with Crippen molar-refractivity contribution >= 4 is 37.6 Å². The van der Waals surface area contributed by atoms with E-state index in [0.29, 0.717) is 15.9 Å². The fraction of sp³-hybridized carbons (Fsp3) is 0.444. The maximum absolute atomic E-state index is 12.5. The van der Waals surface area contributed by atoms with E-state index in [9.17, 15) is 18.0 Å².